The van der Waals surface area contributed by atoms with Gasteiger partial charge in [-0.2, -0.15) is 5.10 Å². The van der Waals surface area contributed by atoms with E-state index < -0.39 is 0 Å². The van der Waals surface area contributed by atoms with Crippen LogP contribution in [-0.4, -0.2) is 18.0 Å². The minimum atomic E-state index is -0.376. The topological polar surface area (TPSA) is 70.6 Å². The second-order valence-corrected chi connectivity index (χ2v) is 6.85. The predicted molar refractivity (Wildman–Crippen MR) is 106 cm³/mol. The lowest BCUT2D eigenvalue weighted by molar-refractivity contribution is -0.116. The molecule has 0 heterocycles. The fourth-order valence-corrected chi connectivity index (χ4v) is 2.49. The lowest BCUT2D eigenvalue weighted by Gasteiger charge is -2.07. The molecule has 26 heavy (non-hydrogen) atoms. The van der Waals surface area contributed by atoms with E-state index in [0.717, 1.165) is 0 Å². The van der Waals surface area contributed by atoms with Crippen molar-refractivity contribution in [3.63, 3.8) is 0 Å². The highest BCUT2D eigenvalue weighted by atomic mass is 35.5. The first-order valence-corrected chi connectivity index (χ1v) is 8.79. The fourth-order valence-electron chi connectivity index (χ4n) is 2.13. The molecular weight excluding hydrogens is 373 g/mol. The molecular formula is C19H19Cl2N3O2. The van der Waals surface area contributed by atoms with E-state index in [2.05, 4.69) is 15.8 Å². The van der Waals surface area contributed by atoms with Crippen LogP contribution in [0.3, 0.4) is 0 Å². The number of benzene rings is 2. The third-order valence-electron chi connectivity index (χ3n) is 3.38. The maximum absolute atomic E-state index is 12.1. The molecule has 7 heteroatoms. The first-order chi connectivity index (χ1) is 12.4. The quantitative estimate of drug-likeness (QED) is 0.551. The first-order valence-electron chi connectivity index (χ1n) is 8.04. The molecule has 0 fully saturated rings. The van der Waals surface area contributed by atoms with Crippen LogP contribution in [0.25, 0.3) is 0 Å². The number of anilines is 1. The number of hydrogen-bond acceptors (Lipinski definition) is 3. The van der Waals surface area contributed by atoms with Crippen molar-refractivity contribution >= 4 is 46.9 Å². The molecule has 0 aromatic heterocycles. The van der Waals surface area contributed by atoms with E-state index in [1.54, 1.807) is 42.5 Å². The Morgan fingerprint density at radius 3 is 2.46 bits per heavy atom. The smallest absolute Gasteiger partial charge is 0.271 e. The molecule has 0 atom stereocenters. The van der Waals surface area contributed by atoms with Crippen LogP contribution in [0.5, 0.6) is 0 Å². The summed E-state index contributed by atoms with van der Waals surface area (Å²) in [5.41, 5.74) is 4.08. The highest BCUT2D eigenvalue weighted by Crippen LogP contribution is 2.24. The van der Waals surface area contributed by atoms with Crippen molar-refractivity contribution in [2.24, 2.45) is 11.0 Å². The van der Waals surface area contributed by atoms with Crippen molar-refractivity contribution in [2.75, 3.05) is 5.32 Å². The van der Waals surface area contributed by atoms with Gasteiger partial charge in [0.1, 0.15) is 0 Å². The van der Waals surface area contributed by atoms with Gasteiger partial charge in [-0.15, -0.1) is 0 Å². The van der Waals surface area contributed by atoms with E-state index in [1.165, 1.54) is 6.21 Å². The summed E-state index contributed by atoms with van der Waals surface area (Å²) in [5, 5.41) is 7.46. The Hall–Kier alpha value is -2.37. The fraction of sp³-hybridized carbons (Fsp3) is 0.211. The number of halogens is 2. The molecule has 0 aliphatic rings. The van der Waals surface area contributed by atoms with Gasteiger partial charge in [0.15, 0.2) is 0 Å². The lowest BCUT2D eigenvalue weighted by Crippen LogP contribution is -2.18. The van der Waals surface area contributed by atoms with Gasteiger partial charge < -0.3 is 5.32 Å². The average Bonchev–Trinajstić information content (AvgIpc) is 2.58. The maximum atomic E-state index is 12.1. The summed E-state index contributed by atoms with van der Waals surface area (Å²) >= 11 is 12.0. The minimum absolute atomic E-state index is 0.0554. The third kappa shape index (κ3) is 5.86. The summed E-state index contributed by atoms with van der Waals surface area (Å²) in [4.78, 5) is 23.8. The molecule has 136 valence electrons. The molecule has 0 aliphatic heterocycles. The van der Waals surface area contributed by atoms with Gasteiger partial charge in [0, 0.05) is 23.2 Å². The number of carbonyl (C=O) groups excluding carboxylic acids is 2. The second kappa shape index (κ2) is 9.36. The minimum Gasteiger partial charge on any atom is -0.326 e. The Labute approximate surface area is 162 Å². The highest BCUT2D eigenvalue weighted by Gasteiger charge is 2.08. The number of hydrogen-bond donors (Lipinski definition) is 2. The third-order valence-corrected chi connectivity index (χ3v) is 4.21. The van der Waals surface area contributed by atoms with E-state index in [9.17, 15) is 9.59 Å². The van der Waals surface area contributed by atoms with E-state index in [0.29, 0.717) is 33.3 Å². The van der Waals surface area contributed by atoms with Crippen molar-refractivity contribution in [1.29, 1.82) is 0 Å². The van der Waals surface area contributed by atoms with Crippen molar-refractivity contribution in [2.45, 2.75) is 20.3 Å². The molecule has 0 radical (unpaired) electrons. The SMILES string of the molecule is CC(C)CC(=O)Nc1ccc(C(=O)NN=Cc2cccc(Cl)c2Cl)cc1. The molecule has 0 unspecified atom stereocenters. The van der Waals surface area contributed by atoms with Crippen LogP contribution in [0, 0.1) is 5.92 Å². The van der Waals surface area contributed by atoms with Crippen LogP contribution in [0.4, 0.5) is 5.69 Å². The Balaban J connectivity index is 1.94. The molecule has 5 nitrogen and oxygen atoms in total. The Bertz CT molecular complexity index is 818. The summed E-state index contributed by atoms with van der Waals surface area (Å²) in [6.45, 7) is 3.95. The van der Waals surface area contributed by atoms with Crippen LogP contribution in [0.15, 0.2) is 47.6 Å². The highest BCUT2D eigenvalue weighted by molar-refractivity contribution is 6.43. The van der Waals surface area contributed by atoms with E-state index in [-0.39, 0.29) is 17.7 Å². The van der Waals surface area contributed by atoms with Gasteiger partial charge in [0.05, 0.1) is 16.3 Å². The number of rotatable bonds is 6. The van der Waals surface area contributed by atoms with Gasteiger partial charge in [-0.1, -0.05) is 49.2 Å². The van der Waals surface area contributed by atoms with Crippen LogP contribution in [0.1, 0.15) is 36.2 Å². The number of nitrogens with zero attached hydrogens (tertiary/aromatic N) is 1. The number of hydrazone groups is 1. The van der Waals surface area contributed by atoms with Crippen molar-refractivity contribution in [1.82, 2.24) is 5.43 Å². The van der Waals surface area contributed by atoms with Crippen molar-refractivity contribution in [3.05, 3.63) is 63.6 Å². The number of amides is 2. The van der Waals surface area contributed by atoms with Gasteiger partial charge in [-0.3, -0.25) is 9.59 Å². The Morgan fingerprint density at radius 1 is 1.12 bits per heavy atom. The molecule has 0 saturated carbocycles. The van der Waals surface area contributed by atoms with Crippen molar-refractivity contribution in [3.8, 4) is 0 Å². The zero-order chi connectivity index (χ0) is 19.1. The summed E-state index contributed by atoms with van der Waals surface area (Å²) in [6, 6.07) is 11.7. The average molecular weight is 392 g/mol. The first kappa shape index (κ1) is 19.9. The molecule has 0 saturated heterocycles. The van der Waals surface area contributed by atoms with Crippen molar-refractivity contribution < 1.29 is 9.59 Å². The lowest BCUT2D eigenvalue weighted by atomic mass is 10.1. The van der Waals surface area contributed by atoms with Crippen LogP contribution in [-0.2, 0) is 4.79 Å². The largest absolute Gasteiger partial charge is 0.326 e. The van der Waals surface area contributed by atoms with Gasteiger partial charge in [0.25, 0.3) is 5.91 Å². The Morgan fingerprint density at radius 2 is 1.81 bits per heavy atom. The van der Waals surface area contributed by atoms with E-state index >= 15 is 0 Å². The van der Waals surface area contributed by atoms with Gasteiger partial charge in [0.2, 0.25) is 5.91 Å². The standard InChI is InChI=1S/C19H19Cl2N3O2/c1-12(2)10-17(25)23-15-8-6-13(7-9-15)19(26)24-22-11-14-4-3-5-16(20)18(14)21/h3-9,11-12H,10H2,1-2H3,(H,23,25)(H,24,26). The van der Waals surface area contributed by atoms with Crippen LogP contribution in [0.2, 0.25) is 10.0 Å². The van der Waals surface area contributed by atoms with Crippen LogP contribution >= 0.6 is 23.2 Å². The normalized spacial score (nSPS) is 11.0. The molecule has 2 aromatic rings. The number of carbonyl (C=O) groups is 2. The number of nitrogens with one attached hydrogen (secondary N) is 2. The van der Waals surface area contributed by atoms with Crippen LogP contribution < -0.4 is 10.7 Å². The molecule has 2 amide bonds. The predicted octanol–water partition coefficient (Wildman–Crippen LogP) is 4.74. The summed E-state index contributed by atoms with van der Waals surface area (Å²) in [7, 11) is 0. The zero-order valence-electron chi connectivity index (χ0n) is 14.4. The molecule has 0 aliphatic carbocycles. The van der Waals surface area contributed by atoms with E-state index in [1.807, 2.05) is 13.8 Å². The summed E-state index contributed by atoms with van der Waals surface area (Å²) < 4.78 is 0. The Kier molecular flexibility index (Phi) is 7.18. The summed E-state index contributed by atoms with van der Waals surface area (Å²) in [6.07, 6.45) is 1.87. The second-order valence-electron chi connectivity index (χ2n) is 6.07. The molecule has 2 rings (SSSR count). The molecule has 0 spiro atoms. The monoisotopic (exact) mass is 391 g/mol. The van der Waals surface area contributed by atoms with Gasteiger partial charge >= 0.3 is 0 Å². The maximum Gasteiger partial charge on any atom is 0.271 e. The molecule has 2 aromatic carbocycles. The molecule has 0 bridgehead atoms. The summed E-state index contributed by atoms with van der Waals surface area (Å²) in [5.74, 6) is -0.148. The van der Waals surface area contributed by atoms with Gasteiger partial charge in [-0.05, 0) is 36.2 Å². The van der Waals surface area contributed by atoms with Gasteiger partial charge in [-0.25, -0.2) is 5.43 Å². The van der Waals surface area contributed by atoms with E-state index in [4.69, 9.17) is 23.2 Å². The molecule has 2 N–H and O–H groups in total. The zero-order valence-corrected chi connectivity index (χ0v) is 15.9.